The molecule has 1 aliphatic heterocycles. The van der Waals surface area contributed by atoms with E-state index >= 15 is 0 Å². The van der Waals surface area contributed by atoms with Crippen molar-refractivity contribution in [3.05, 3.63) is 0 Å². The second kappa shape index (κ2) is 7.88. The Morgan fingerprint density at radius 1 is 1.32 bits per heavy atom. The van der Waals surface area contributed by atoms with E-state index in [1.54, 1.807) is 0 Å². The Kier molecular flexibility index (Phi) is 6.84. The van der Waals surface area contributed by atoms with Gasteiger partial charge in [0.05, 0.1) is 0 Å². The Hall–Kier alpha value is -0.570. The molecule has 3 nitrogen and oxygen atoms in total. The van der Waals surface area contributed by atoms with Crippen molar-refractivity contribution in [1.82, 2.24) is 10.6 Å². The molecule has 0 spiro atoms. The van der Waals surface area contributed by atoms with E-state index in [0.29, 0.717) is 18.3 Å². The number of carbonyl (C=O) groups is 1. The molecule has 1 heterocycles. The van der Waals surface area contributed by atoms with E-state index in [2.05, 4.69) is 38.3 Å². The van der Waals surface area contributed by atoms with Gasteiger partial charge < -0.3 is 10.6 Å². The van der Waals surface area contributed by atoms with Crippen molar-refractivity contribution in [3.63, 3.8) is 0 Å². The molecule has 0 saturated carbocycles. The van der Waals surface area contributed by atoms with Gasteiger partial charge in [0.2, 0.25) is 5.91 Å². The first-order chi connectivity index (χ1) is 9.06. The lowest BCUT2D eigenvalue weighted by atomic mass is 9.84. The molecule has 1 aliphatic rings. The van der Waals surface area contributed by atoms with Crippen LogP contribution < -0.4 is 10.6 Å². The molecule has 0 bridgehead atoms. The molecule has 0 aromatic heterocycles. The van der Waals surface area contributed by atoms with Gasteiger partial charge in [0, 0.05) is 12.0 Å². The lowest BCUT2D eigenvalue weighted by molar-refractivity contribution is -0.124. The van der Waals surface area contributed by atoms with Crippen LogP contribution in [0.25, 0.3) is 0 Å². The fourth-order valence-corrected chi connectivity index (χ4v) is 3.19. The van der Waals surface area contributed by atoms with Crippen LogP contribution in [0.5, 0.6) is 0 Å². The van der Waals surface area contributed by atoms with Gasteiger partial charge in [-0.2, -0.15) is 0 Å². The topological polar surface area (TPSA) is 41.1 Å². The number of carbonyl (C=O) groups excluding carboxylic acids is 1. The molecule has 0 aromatic rings. The maximum Gasteiger partial charge on any atom is 0.220 e. The molecule has 3 heteroatoms. The van der Waals surface area contributed by atoms with Crippen molar-refractivity contribution in [1.29, 1.82) is 0 Å². The third-order valence-corrected chi connectivity index (χ3v) is 5.08. The van der Waals surface area contributed by atoms with Crippen LogP contribution in [-0.2, 0) is 4.79 Å². The third kappa shape index (κ3) is 4.79. The summed E-state index contributed by atoms with van der Waals surface area (Å²) in [7, 11) is 0. The first-order valence-corrected chi connectivity index (χ1v) is 8.08. The van der Waals surface area contributed by atoms with Crippen molar-refractivity contribution in [2.24, 2.45) is 11.8 Å². The van der Waals surface area contributed by atoms with Crippen LogP contribution in [0.3, 0.4) is 0 Å². The van der Waals surface area contributed by atoms with Crippen LogP contribution in [0.1, 0.15) is 66.2 Å². The lowest BCUT2D eigenvalue weighted by Crippen LogP contribution is -2.48. The highest BCUT2D eigenvalue weighted by Crippen LogP contribution is 2.24. The fourth-order valence-electron chi connectivity index (χ4n) is 3.19. The molecule has 0 aliphatic carbocycles. The smallest absolute Gasteiger partial charge is 0.220 e. The minimum Gasteiger partial charge on any atom is -0.351 e. The average molecular weight is 268 g/mol. The predicted octanol–water partition coefficient (Wildman–Crippen LogP) is 3.10. The largest absolute Gasteiger partial charge is 0.351 e. The first kappa shape index (κ1) is 16.5. The van der Waals surface area contributed by atoms with Crippen LogP contribution in [0.4, 0.5) is 0 Å². The molecule has 112 valence electrons. The summed E-state index contributed by atoms with van der Waals surface area (Å²) < 4.78 is 0. The SMILES string of the molecule is CCC(CC)(CC)NC(=O)CC(C)C1CCCNC1. The molecule has 2 unspecified atom stereocenters. The summed E-state index contributed by atoms with van der Waals surface area (Å²) in [6.45, 7) is 10.9. The van der Waals surface area contributed by atoms with E-state index in [1.165, 1.54) is 12.8 Å². The number of rotatable bonds is 7. The maximum atomic E-state index is 12.3. The molecule has 19 heavy (non-hydrogen) atoms. The van der Waals surface area contributed by atoms with Crippen LogP contribution in [0.2, 0.25) is 0 Å². The van der Waals surface area contributed by atoms with Crippen LogP contribution in [-0.4, -0.2) is 24.5 Å². The summed E-state index contributed by atoms with van der Waals surface area (Å²) in [5.41, 5.74) is 0.0155. The summed E-state index contributed by atoms with van der Waals surface area (Å²) >= 11 is 0. The molecule has 1 fully saturated rings. The molecule has 2 atom stereocenters. The first-order valence-electron chi connectivity index (χ1n) is 8.08. The lowest BCUT2D eigenvalue weighted by Gasteiger charge is -2.33. The van der Waals surface area contributed by atoms with Crippen molar-refractivity contribution < 1.29 is 4.79 Å². The van der Waals surface area contributed by atoms with E-state index in [-0.39, 0.29) is 11.4 Å². The summed E-state index contributed by atoms with van der Waals surface area (Å²) in [6, 6.07) is 0. The Morgan fingerprint density at radius 2 is 1.95 bits per heavy atom. The zero-order chi connectivity index (χ0) is 14.3. The molecular weight excluding hydrogens is 236 g/mol. The molecule has 0 aromatic carbocycles. The molecule has 1 rings (SSSR count). The molecule has 2 N–H and O–H groups in total. The van der Waals surface area contributed by atoms with E-state index in [0.717, 1.165) is 32.4 Å². The number of amides is 1. The monoisotopic (exact) mass is 268 g/mol. The second-order valence-corrected chi connectivity index (χ2v) is 6.18. The Bertz CT molecular complexity index is 260. The van der Waals surface area contributed by atoms with Crippen molar-refractivity contribution in [2.45, 2.75) is 71.8 Å². The second-order valence-electron chi connectivity index (χ2n) is 6.18. The Labute approximate surface area is 118 Å². The summed E-state index contributed by atoms with van der Waals surface area (Å²) in [5, 5.41) is 6.73. The average Bonchev–Trinajstić information content (AvgIpc) is 2.46. The number of nitrogens with one attached hydrogen (secondary N) is 2. The highest BCUT2D eigenvalue weighted by Gasteiger charge is 2.28. The van der Waals surface area contributed by atoms with Crippen molar-refractivity contribution in [3.8, 4) is 0 Å². The van der Waals surface area contributed by atoms with Gasteiger partial charge in [0.15, 0.2) is 0 Å². The molecule has 0 radical (unpaired) electrons. The Morgan fingerprint density at radius 3 is 2.42 bits per heavy atom. The summed E-state index contributed by atoms with van der Waals surface area (Å²) in [6.07, 6.45) is 6.25. The van der Waals surface area contributed by atoms with Crippen LogP contribution in [0.15, 0.2) is 0 Å². The van der Waals surface area contributed by atoms with E-state index in [1.807, 2.05) is 0 Å². The van der Waals surface area contributed by atoms with Crippen molar-refractivity contribution in [2.75, 3.05) is 13.1 Å². The molecule has 1 amide bonds. The number of hydrogen-bond acceptors (Lipinski definition) is 2. The number of piperidine rings is 1. The summed E-state index contributed by atoms with van der Waals surface area (Å²) in [4.78, 5) is 12.3. The van der Waals surface area contributed by atoms with Gasteiger partial charge in [0.1, 0.15) is 0 Å². The minimum atomic E-state index is 0.0155. The van der Waals surface area contributed by atoms with E-state index in [9.17, 15) is 4.79 Å². The predicted molar refractivity (Wildman–Crippen MR) is 81.1 cm³/mol. The normalized spacial score (nSPS) is 22.0. The minimum absolute atomic E-state index is 0.0155. The standard InChI is InChI=1S/C16H32N2O/c1-5-16(6-2,7-3)18-15(19)11-13(4)14-9-8-10-17-12-14/h13-14,17H,5-12H2,1-4H3,(H,18,19). The van der Waals surface area contributed by atoms with Gasteiger partial charge in [-0.15, -0.1) is 0 Å². The highest BCUT2D eigenvalue weighted by atomic mass is 16.1. The zero-order valence-corrected chi connectivity index (χ0v) is 13.2. The van der Waals surface area contributed by atoms with Gasteiger partial charge in [-0.3, -0.25) is 4.79 Å². The quantitative estimate of drug-likeness (QED) is 0.745. The summed E-state index contributed by atoms with van der Waals surface area (Å²) in [5.74, 6) is 1.39. The van der Waals surface area contributed by atoms with Gasteiger partial charge in [-0.25, -0.2) is 0 Å². The molecule has 1 saturated heterocycles. The molecular formula is C16H32N2O. The van der Waals surface area contributed by atoms with Crippen LogP contribution >= 0.6 is 0 Å². The highest BCUT2D eigenvalue weighted by molar-refractivity contribution is 5.77. The van der Waals surface area contributed by atoms with E-state index in [4.69, 9.17) is 0 Å². The number of hydrogen-bond donors (Lipinski definition) is 2. The van der Waals surface area contributed by atoms with Gasteiger partial charge in [-0.05, 0) is 57.0 Å². The van der Waals surface area contributed by atoms with E-state index < -0.39 is 0 Å². The maximum absolute atomic E-state index is 12.3. The van der Waals surface area contributed by atoms with Gasteiger partial charge >= 0.3 is 0 Å². The zero-order valence-electron chi connectivity index (χ0n) is 13.2. The van der Waals surface area contributed by atoms with Gasteiger partial charge in [0.25, 0.3) is 0 Å². The fraction of sp³-hybridized carbons (Fsp3) is 0.938. The van der Waals surface area contributed by atoms with Gasteiger partial charge in [-0.1, -0.05) is 27.7 Å². The Balaban J connectivity index is 2.44. The van der Waals surface area contributed by atoms with Crippen LogP contribution in [0, 0.1) is 11.8 Å². The third-order valence-electron chi connectivity index (χ3n) is 5.08. The van der Waals surface area contributed by atoms with Crippen molar-refractivity contribution >= 4 is 5.91 Å².